The molecule has 1 saturated carbocycles. The van der Waals surface area contributed by atoms with Crippen LogP contribution in [0.5, 0.6) is 0 Å². The van der Waals surface area contributed by atoms with Gasteiger partial charge in [-0.05, 0) is 31.4 Å². The molecule has 19 heavy (non-hydrogen) atoms. The Kier molecular flexibility index (Phi) is 3.60. The summed E-state index contributed by atoms with van der Waals surface area (Å²) in [7, 11) is 1.91. The molecule has 1 aromatic heterocycles. The van der Waals surface area contributed by atoms with E-state index >= 15 is 0 Å². The molecule has 4 heteroatoms. The third-order valence-corrected chi connectivity index (χ3v) is 4.57. The summed E-state index contributed by atoms with van der Waals surface area (Å²) in [5, 5.41) is 3.17. The Hall–Kier alpha value is -1.29. The van der Waals surface area contributed by atoms with Gasteiger partial charge in [-0.2, -0.15) is 0 Å². The molecule has 104 valence electrons. The predicted molar refractivity (Wildman–Crippen MR) is 75.1 cm³/mol. The van der Waals surface area contributed by atoms with Crippen molar-refractivity contribution in [2.75, 3.05) is 13.1 Å². The minimum atomic E-state index is 0.0609. The van der Waals surface area contributed by atoms with Crippen LogP contribution < -0.4 is 5.32 Å². The van der Waals surface area contributed by atoms with Crippen LogP contribution in [0.15, 0.2) is 18.3 Å². The second-order valence-electron chi connectivity index (χ2n) is 5.90. The van der Waals surface area contributed by atoms with Crippen LogP contribution in [0.2, 0.25) is 0 Å². The summed E-state index contributed by atoms with van der Waals surface area (Å²) in [5.41, 5.74) is 0.749. The van der Waals surface area contributed by atoms with Gasteiger partial charge < -0.3 is 9.88 Å². The van der Waals surface area contributed by atoms with Crippen LogP contribution in [0.1, 0.15) is 42.6 Å². The molecular formula is C15H23N3O. The molecule has 0 bridgehead atoms. The smallest absolute Gasteiger partial charge is 0.268 e. The third-order valence-electron chi connectivity index (χ3n) is 4.57. The average Bonchev–Trinajstić information content (AvgIpc) is 3.07. The largest absolute Gasteiger partial charge is 0.347 e. The second-order valence-corrected chi connectivity index (χ2v) is 5.90. The first-order valence-electron chi connectivity index (χ1n) is 7.40. The number of amides is 1. The molecule has 0 radical (unpaired) electrons. The fourth-order valence-electron chi connectivity index (χ4n) is 3.46. The third kappa shape index (κ3) is 2.68. The minimum absolute atomic E-state index is 0.0609. The number of carbonyl (C=O) groups excluding carboxylic acids is 1. The van der Waals surface area contributed by atoms with Crippen LogP contribution in [0.3, 0.4) is 0 Å². The van der Waals surface area contributed by atoms with Crippen LogP contribution >= 0.6 is 0 Å². The van der Waals surface area contributed by atoms with Crippen LogP contribution in [0.4, 0.5) is 0 Å². The number of rotatable bonds is 3. The summed E-state index contributed by atoms with van der Waals surface area (Å²) in [5.74, 6) is 0.0609. The minimum Gasteiger partial charge on any atom is -0.347 e. The molecular weight excluding hydrogens is 238 g/mol. The second kappa shape index (κ2) is 5.37. The van der Waals surface area contributed by atoms with Crippen LogP contribution in [-0.4, -0.2) is 40.5 Å². The number of nitrogens with zero attached hydrogens (tertiary/aromatic N) is 2. The predicted octanol–water partition coefficient (Wildman–Crippen LogP) is 1.77. The van der Waals surface area contributed by atoms with E-state index in [1.54, 1.807) is 0 Å². The maximum atomic E-state index is 12.2. The number of nitrogens with one attached hydrogen (secondary N) is 1. The first kappa shape index (κ1) is 12.7. The van der Waals surface area contributed by atoms with Gasteiger partial charge in [0.2, 0.25) is 0 Å². The Morgan fingerprint density at radius 1 is 1.32 bits per heavy atom. The number of likely N-dealkylation sites (tertiary alicyclic amines) is 1. The number of aryl methyl sites for hydroxylation is 1. The number of carbonyl (C=O) groups is 1. The van der Waals surface area contributed by atoms with Gasteiger partial charge in [-0.3, -0.25) is 9.69 Å². The van der Waals surface area contributed by atoms with Crippen molar-refractivity contribution in [2.24, 2.45) is 7.05 Å². The first-order valence-corrected chi connectivity index (χ1v) is 7.40. The average molecular weight is 261 g/mol. The standard InChI is InChI=1S/C15H23N3O/c1-17-9-4-7-14(17)15(19)16-12-8-10-18(11-12)13-5-2-3-6-13/h4,7,9,12-13H,2-3,5-6,8,10-11H2,1H3,(H,16,19). The van der Waals surface area contributed by atoms with Crippen molar-refractivity contribution < 1.29 is 4.79 Å². The highest BCUT2D eigenvalue weighted by molar-refractivity contribution is 5.92. The molecule has 2 heterocycles. The topological polar surface area (TPSA) is 37.3 Å². The van der Waals surface area contributed by atoms with Crippen LogP contribution in [0.25, 0.3) is 0 Å². The maximum absolute atomic E-state index is 12.2. The normalized spacial score (nSPS) is 25.0. The number of hydrogen-bond donors (Lipinski definition) is 1. The van der Waals surface area contributed by atoms with Gasteiger partial charge in [-0.25, -0.2) is 0 Å². The molecule has 1 N–H and O–H groups in total. The Morgan fingerprint density at radius 2 is 2.11 bits per heavy atom. The molecule has 3 rings (SSSR count). The maximum Gasteiger partial charge on any atom is 0.268 e. The van der Waals surface area contributed by atoms with Crippen LogP contribution in [0, 0.1) is 0 Å². The van der Waals surface area contributed by atoms with Crippen LogP contribution in [-0.2, 0) is 7.05 Å². The van der Waals surface area contributed by atoms with E-state index in [1.165, 1.54) is 25.7 Å². The Morgan fingerprint density at radius 3 is 2.79 bits per heavy atom. The van der Waals surface area contributed by atoms with Gasteiger partial charge in [0.05, 0.1) is 0 Å². The van der Waals surface area contributed by atoms with E-state index < -0.39 is 0 Å². The molecule has 2 aliphatic rings. The van der Waals surface area contributed by atoms with Gasteiger partial charge in [0, 0.05) is 38.4 Å². The van der Waals surface area contributed by atoms with Gasteiger partial charge in [-0.1, -0.05) is 12.8 Å². The first-order chi connectivity index (χ1) is 9.24. The molecule has 1 amide bonds. The Bertz CT molecular complexity index is 448. The molecule has 1 saturated heterocycles. The van der Waals surface area contributed by atoms with Gasteiger partial charge in [0.15, 0.2) is 0 Å². The summed E-state index contributed by atoms with van der Waals surface area (Å²) in [6.45, 7) is 2.17. The van der Waals surface area contributed by atoms with Crippen molar-refractivity contribution in [1.82, 2.24) is 14.8 Å². The van der Waals surface area contributed by atoms with E-state index in [4.69, 9.17) is 0 Å². The summed E-state index contributed by atoms with van der Waals surface area (Å²) in [6.07, 6.45) is 8.45. The van der Waals surface area contributed by atoms with Gasteiger partial charge in [0.25, 0.3) is 5.91 Å². The van der Waals surface area contributed by atoms with Gasteiger partial charge in [0.1, 0.15) is 5.69 Å². The summed E-state index contributed by atoms with van der Waals surface area (Å²) >= 11 is 0. The SMILES string of the molecule is Cn1cccc1C(=O)NC1CCN(C2CCCC2)C1. The molecule has 4 nitrogen and oxygen atoms in total. The Balaban J connectivity index is 1.54. The van der Waals surface area contributed by atoms with E-state index in [-0.39, 0.29) is 5.91 Å². The highest BCUT2D eigenvalue weighted by atomic mass is 16.2. The molecule has 2 fully saturated rings. The van der Waals surface area contributed by atoms with E-state index in [0.717, 1.165) is 31.2 Å². The molecule has 0 aromatic carbocycles. The van der Waals surface area contributed by atoms with E-state index in [0.29, 0.717) is 6.04 Å². The van der Waals surface area contributed by atoms with Crippen molar-refractivity contribution in [1.29, 1.82) is 0 Å². The Labute approximate surface area is 114 Å². The van der Waals surface area contributed by atoms with Crippen molar-refractivity contribution in [3.05, 3.63) is 24.0 Å². The molecule has 1 aliphatic heterocycles. The molecule has 1 unspecified atom stereocenters. The zero-order chi connectivity index (χ0) is 13.2. The number of aromatic nitrogens is 1. The fraction of sp³-hybridized carbons (Fsp3) is 0.667. The molecule has 1 aliphatic carbocycles. The summed E-state index contributed by atoms with van der Waals surface area (Å²) in [4.78, 5) is 14.7. The quantitative estimate of drug-likeness (QED) is 0.900. The zero-order valence-corrected chi connectivity index (χ0v) is 11.6. The number of hydrogen-bond acceptors (Lipinski definition) is 2. The zero-order valence-electron chi connectivity index (χ0n) is 11.6. The van der Waals surface area contributed by atoms with Crippen molar-refractivity contribution >= 4 is 5.91 Å². The van der Waals surface area contributed by atoms with Crippen molar-refractivity contribution in [2.45, 2.75) is 44.2 Å². The highest BCUT2D eigenvalue weighted by Gasteiger charge is 2.30. The lowest BCUT2D eigenvalue weighted by Gasteiger charge is -2.23. The highest BCUT2D eigenvalue weighted by Crippen LogP contribution is 2.26. The molecule has 0 spiro atoms. The molecule has 1 aromatic rings. The molecule has 1 atom stereocenters. The lowest BCUT2D eigenvalue weighted by atomic mass is 10.2. The van der Waals surface area contributed by atoms with E-state index in [2.05, 4.69) is 10.2 Å². The van der Waals surface area contributed by atoms with Gasteiger partial charge >= 0.3 is 0 Å². The fourth-order valence-corrected chi connectivity index (χ4v) is 3.46. The van der Waals surface area contributed by atoms with E-state index in [9.17, 15) is 4.79 Å². The monoisotopic (exact) mass is 261 g/mol. The summed E-state index contributed by atoms with van der Waals surface area (Å²) in [6, 6.07) is 4.88. The lowest BCUT2D eigenvalue weighted by molar-refractivity contribution is 0.0928. The lowest BCUT2D eigenvalue weighted by Crippen LogP contribution is -2.39. The van der Waals surface area contributed by atoms with Crippen molar-refractivity contribution in [3.63, 3.8) is 0 Å². The van der Waals surface area contributed by atoms with Gasteiger partial charge in [-0.15, -0.1) is 0 Å². The van der Waals surface area contributed by atoms with Crippen molar-refractivity contribution in [3.8, 4) is 0 Å². The van der Waals surface area contributed by atoms with E-state index in [1.807, 2.05) is 29.9 Å². The summed E-state index contributed by atoms with van der Waals surface area (Å²) < 4.78 is 1.87.